The lowest BCUT2D eigenvalue weighted by Crippen LogP contribution is -2.36. The Balaban J connectivity index is 1.49. The first kappa shape index (κ1) is 25.4. The predicted octanol–water partition coefficient (Wildman–Crippen LogP) is 5.81. The molecule has 6 heteroatoms. The molecule has 2 N–H and O–H groups in total. The molecule has 1 saturated heterocycles. The molecule has 0 radical (unpaired) electrons. The summed E-state index contributed by atoms with van der Waals surface area (Å²) in [6, 6.07) is 22.2. The van der Waals surface area contributed by atoms with Crippen LogP contribution in [-0.4, -0.2) is 24.9 Å². The number of carbonyl (C=O) groups is 2. The van der Waals surface area contributed by atoms with Gasteiger partial charge in [-0.05, 0) is 66.6 Å². The second kappa shape index (κ2) is 11.8. The van der Waals surface area contributed by atoms with E-state index in [9.17, 15) is 14.0 Å². The van der Waals surface area contributed by atoms with Gasteiger partial charge in [-0.15, -0.1) is 0 Å². The average Bonchev–Trinajstić information content (AvgIpc) is 2.89. The number of carbonyl (C=O) groups excluding carboxylic acids is 2. The smallest absolute Gasteiger partial charge is 0.253 e. The number of rotatable bonds is 8. The number of nitrogens with one attached hydrogen (secondary N) is 2. The molecule has 0 aromatic heterocycles. The molecule has 0 unspecified atom stereocenters. The summed E-state index contributed by atoms with van der Waals surface area (Å²) in [4.78, 5) is 27.8. The topological polar surface area (TPSA) is 61.4 Å². The van der Waals surface area contributed by atoms with Crippen LogP contribution >= 0.6 is 0 Å². The van der Waals surface area contributed by atoms with Gasteiger partial charge in [0.1, 0.15) is 5.82 Å². The van der Waals surface area contributed by atoms with E-state index in [0.717, 1.165) is 43.6 Å². The van der Waals surface area contributed by atoms with Crippen LogP contribution in [-0.2, 0) is 17.8 Å². The largest absolute Gasteiger partial charge is 0.371 e. The van der Waals surface area contributed by atoms with Crippen LogP contribution in [0.2, 0.25) is 0 Å². The van der Waals surface area contributed by atoms with Crippen molar-refractivity contribution < 1.29 is 14.0 Å². The Bertz CT molecular complexity index is 1170. The number of benzene rings is 3. The molecule has 0 spiro atoms. The first-order valence-electron chi connectivity index (χ1n) is 12.7. The zero-order valence-corrected chi connectivity index (χ0v) is 21.0. The van der Waals surface area contributed by atoms with E-state index in [1.54, 1.807) is 18.2 Å². The zero-order chi connectivity index (χ0) is 25.5. The molecule has 3 aromatic rings. The minimum absolute atomic E-state index is 0.0952. The van der Waals surface area contributed by atoms with Gasteiger partial charge in [0.15, 0.2) is 0 Å². The molecular formula is C30H34FN3O2. The molecular weight excluding hydrogens is 453 g/mol. The Morgan fingerprint density at radius 1 is 0.944 bits per heavy atom. The van der Waals surface area contributed by atoms with Crippen LogP contribution in [0.5, 0.6) is 0 Å². The normalized spacial score (nSPS) is 14.1. The number of nitrogens with zero attached hydrogens (tertiary/aromatic N) is 1. The van der Waals surface area contributed by atoms with Crippen molar-refractivity contribution in [3.63, 3.8) is 0 Å². The van der Waals surface area contributed by atoms with Crippen molar-refractivity contribution in [1.82, 2.24) is 5.32 Å². The molecule has 0 atom stereocenters. The molecule has 0 bridgehead atoms. The molecule has 2 amide bonds. The van der Waals surface area contributed by atoms with Crippen LogP contribution in [0, 0.1) is 17.7 Å². The highest BCUT2D eigenvalue weighted by Gasteiger charge is 2.24. The summed E-state index contributed by atoms with van der Waals surface area (Å²) in [6.07, 6.45) is 3.18. The number of piperidine rings is 1. The minimum Gasteiger partial charge on any atom is -0.371 e. The highest BCUT2D eigenvalue weighted by atomic mass is 19.1. The Kier molecular flexibility index (Phi) is 8.36. The summed E-state index contributed by atoms with van der Waals surface area (Å²) in [5.41, 5.74) is 4.18. The molecule has 1 aliphatic heterocycles. The molecule has 1 fully saturated rings. The molecule has 4 rings (SSSR count). The molecule has 1 heterocycles. The van der Waals surface area contributed by atoms with E-state index in [0.29, 0.717) is 23.7 Å². The predicted molar refractivity (Wildman–Crippen MR) is 143 cm³/mol. The van der Waals surface area contributed by atoms with Gasteiger partial charge >= 0.3 is 0 Å². The minimum atomic E-state index is -0.309. The second-order valence-electron chi connectivity index (χ2n) is 9.81. The third-order valence-corrected chi connectivity index (χ3v) is 6.72. The molecule has 1 aliphatic rings. The van der Waals surface area contributed by atoms with E-state index in [1.165, 1.54) is 17.7 Å². The van der Waals surface area contributed by atoms with Crippen LogP contribution in [0.4, 0.5) is 15.8 Å². The van der Waals surface area contributed by atoms with Gasteiger partial charge in [-0.25, -0.2) is 4.39 Å². The maximum atomic E-state index is 13.3. The summed E-state index contributed by atoms with van der Waals surface area (Å²) in [5.74, 6) is -0.173. The summed E-state index contributed by atoms with van der Waals surface area (Å²) in [6.45, 7) is 5.69. The fourth-order valence-electron chi connectivity index (χ4n) is 4.56. The fraction of sp³-hybridized carbons (Fsp3) is 0.333. The first-order valence-corrected chi connectivity index (χ1v) is 12.7. The molecule has 36 heavy (non-hydrogen) atoms. The summed E-state index contributed by atoms with van der Waals surface area (Å²) in [5, 5.41) is 5.86. The lowest BCUT2D eigenvalue weighted by Gasteiger charge is -2.35. The SMILES string of the molecule is CC(C)C(=O)Nc1ccc(N2CCC(Cc3ccccc3)CC2)c(C(=O)NCc2ccc(F)cc2)c1. The quantitative estimate of drug-likeness (QED) is 0.422. The Hall–Kier alpha value is -3.67. The number of hydrogen-bond acceptors (Lipinski definition) is 3. The van der Waals surface area contributed by atoms with Gasteiger partial charge < -0.3 is 15.5 Å². The molecule has 0 aliphatic carbocycles. The maximum Gasteiger partial charge on any atom is 0.253 e. The highest BCUT2D eigenvalue weighted by molar-refractivity contribution is 6.02. The molecule has 188 valence electrons. The van der Waals surface area contributed by atoms with E-state index in [-0.39, 0.29) is 23.5 Å². The Labute approximate surface area is 212 Å². The van der Waals surface area contributed by atoms with Crippen LogP contribution in [0.25, 0.3) is 0 Å². The van der Waals surface area contributed by atoms with Crippen molar-refractivity contribution in [2.24, 2.45) is 11.8 Å². The molecule has 3 aromatic carbocycles. The van der Waals surface area contributed by atoms with Crippen molar-refractivity contribution in [2.45, 2.75) is 39.7 Å². The first-order chi connectivity index (χ1) is 17.4. The third kappa shape index (κ3) is 6.72. The highest BCUT2D eigenvalue weighted by Crippen LogP contribution is 2.30. The van der Waals surface area contributed by atoms with Crippen molar-refractivity contribution >= 4 is 23.2 Å². The van der Waals surface area contributed by atoms with E-state index in [4.69, 9.17) is 0 Å². The van der Waals surface area contributed by atoms with Gasteiger partial charge in [0.05, 0.1) is 5.56 Å². The summed E-state index contributed by atoms with van der Waals surface area (Å²) in [7, 11) is 0. The van der Waals surface area contributed by atoms with Crippen LogP contribution in [0.15, 0.2) is 72.8 Å². The van der Waals surface area contributed by atoms with Gasteiger partial charge in [-0.1, -0.05) is 56.3 Å². The van der Waals surface area contributed by atoms with E-state index in [2.05, 4.69) is 39.8 Å². The summed E-state index contributed by atoms with van der Waals surface area (Å²) >= 11 is 0. The zero-order valence-electron chi connectivity index (χ0n) is 21.0. The van der Waals surface area contributed by atoms with Crippen LogP contribution in [0.1, 0.15) is 48.2 Å². The van der Waals surface area contributed by atoms with E-state index >= 15 is 0 Å². The Morgan fingerprint density at radius 3 is 2.31 bits per heavy atom. The lowest BCUT2D eigenvalue weighted by atomic mass is 9.89. The lowest BCUT2D eigenvalue weighted by molar-refractivity contribution is -0.118. The van der Waals surface area contributed by atoms with Crippen molar-refractivity contribution in [3.05, 3.63) is 95.3 Å². The number of anilines is 2. The monoisotopic (exact) mass is 487 g/mol. The Morgan fingerprint density at radius 2 is 1.64 bits per heavy atom. The number of amides is 2. The van der Waals surface area contributed by atoms with Crippen molar-refractivity contribution in [1.29, 1.82) is 0 Å². The fourth-order valence-corrected chi connectivity index (χ4v) is 4.56. The number of hydrogen-bond donors (Lipinski definition) is 2. The third-order valence-electron chi connectivity index (χ3n) is 6.72. The standard InChI is InChI=1S/C30H34FN3O2/c1-21(2)29(35)33-26-12-13-28(27(19-26)30(36)32-20-24-8-10-25(31)11-9-24)34-16-14-23(15-17-34)18-22-6-4-3-5-7-22/h3-13,19,21,23H,14-18,20H2,1-2H3,(H,32,36)(H,33,35). The molecule has 0 saturated carbocycles. The average molecular weight is 488 g/mol. The maximum absolute atomic E-state index is 13.3. The molecule has 5 nitrogen and oxygen atoms in total. The van der Waals surface area contributed by atoms with Crippen LogP contribution < -0.4 is 15.5 Å². The summed E-state index contributed by atoms with van der Waals surface area (Å²) < 4.78 is 13.2. The second-order valence-corrected chi connectivity index (χ2v) is 9.81. The van der Waals surface area contributed by atoms with Crippen molar-refractivity contribution in [2.75, 3.05) is 23.3 Å². The number of halogens is 1. The van der Waals surface area contributed by atoms with Gasteiger partial charge in [0.25, 0.3) is 5.91 Å². The van der Waals surface area contributed by atoms with Gasteiger partial charge in [-0.3, -0.25) is 9.59 Å². The van der Waals surface area contributed by atoms with Crippen molar-refractivity contribution in [3.8, 4) is 0 Å². The van der Waals surface area contributed by atoms with Gasteiger partial charge in [-0.2, -0.15) is 0 Å². The van der Waals surface area contributed by atoms with E-state index in [1.807, 2.05) is 32.0 Å². The van der Waals surface area contributed by atoms with Crippen LogP contribution in [0.3, 0.4) is 0 Å². The van der Waals surface area contributed by atoms with Gasteiger partial charge in [0, 0.05) is 36.9 Å². The van der Waals surface area contributed by atoms with E-state index < -0.39 is 0 Å². The van der Waals surface area contributed by atoms with Gasteiger partial charge in [0.2, 0.25) is 5.91 Å².